The van der Waals surface area contributed by atoms with E-state index in [0.29, 0.717) is 12.4 Å². The molecule has 18 heavy (non-hydrogen) atoms. The largest absolute Gasteiger partial charge is 0.497 e. The topological polar surface area (TPSA) is 35.5 Å². The fourth-order valence-corrected chi connectivity index (χ4v) is 2.28. The maximum Gasteiger partial charge on any atom is 0.142 e. The molecule has 3 heteroatoms. The molecule has 0 saturated carbocycles. The predicted octanol–water partition coefficient (Wildman–Crippen LogP) is 2.86. The molecule has 0 aromatic heterocycles. The number of fused-ring (bicyclic) bond motifs is 1. The van der Waals surface area contributed by atoms with E-state index in [-0.39, 0.29) is 11.8 Å². The quantitative estimate of drug-likeness (QED) is 0.822. The molecular formula is C15H20O3. The lowest BCUT2D eigenvalue weighted by molar-refractivity contribution is -0.127. The molecule has 0 N–H and O–H groups in total. The van der Waals surface area contributed by atoms with E-state index in [0.717, 1.165) is 29.9 Å². The standard InChI is InChI=1S/C15H20O3/c1-4-10(2)15(16)12-7-11-8-13(17-3)5-6-14(11)18-9-12/h5-6,8,10,12H,4,7,9H2,1-3H3. The molecule has 1 heterocycles. The lowest BCUT2D eigenvalue weighted by atomic mass is 9.86. The third-order valence-electron chi connectivity index (χ3n) is 3.67. The summed E-state index contributed by atoms with van der Waals surface area (Å²) in [7, 11) is 1.65. The molecule has 1 aromatic rings. The van der Waals surface area contributed by atoms with Crippen molar-refractivity contribution in [2.24, 2.45) is 11.8 Å². The van der Waals surface area contributed by atoms with Gasteiger partial charge in [0.1, 0.15) is 17.3 Å². The van der Waals surface area contributed by atoms with Gasteiger partial charge in [-0.2, -0.15) is 0 Å². The van der Waals surface area contributed by atoms with Crippen molar-refractivity contribution in [2.75, 3.05) is 13.7 Å². The average Bonchev–Trinajstić information content (AvgIpc) is 2.44. The summed E-state index contributed by atoms with van der Waals surface area (Å²) in [5.41, 5.74) is 1.07. The Bertz CT molecular complexity index is 439. The number of rotatable bonds is 4. The second-order valence-corrected chi connectivity index (χ2v) is 4.90. The van der Waals surface area contributed by atoms with Gasteiger partial charge < -0.3 is 9.47 Å². The molecule has 98 valence electrons. The van der Waals surface area contributed by atoms with E-state index in [1.807, 2.05) is 32.0 Å². The highest BCUT2D eigenvalue weighted by molar-refractivity contribution is 5.83. The molecule has 0 saturated heterocycles. The molecule has 0 amide bonds. The first kappa shape index (κ1) is 12.9. The molecular weight excluding hydrogens is 228 g/mol. The van der Waals surface area contributed by atoms with Crippen LogP contribution in [0.3, 0.4) is 0 Å². The number of ether oxygens (including phenoxy) is 2. The van der Waals surface area contributed by atoms with Crippen LogP contribution < -0.4 is 9.47 Å². The molecule has 2 rings (SSSR count). The molecule has 3 nitrogen and oxygen atoms in total. The van der Waals surface area contributed by atoms with Gasteiger partial charge in [-0.1, -0.05) is 13.8 Å². The lowest BCUT2D eigenvalue weighted by Crippen LogP contribution is -2.31. The van der Waals surface area contributed by atoms with Crippen molar-refractivity contribution in [3.8, 4) is 11.5 Å². The van der Waals surface area contributed by atoms with Crippen LogP contribution in [0.2, 0.25) is 0 Å². The van der Waals surface area contributed by atoms with E-state index in [2.05, 4.69) is 0 Å². The lowest BCUT2D eigenvalue weighted by Gasteiger charge is -2.26. The highest BCUT2D eigenvalue weighted by atomic mass is 16.5. The number of hydrogen-bond acceptors (Lipinski definition) is 3. The van der Waals surface area contributed by atoms with Crippen LogP contribution >= 0.6 is 0 Å². The maximum absolute atomic E-state index is 12.2. The second kappa shape index (κ2) is 5.42. The number of carbonyl (C=O) groups is 1. The minimum atomic E-state index is -0.0143. The summed E-state index contributed by atoms with van der Waals surface area (Å²) in [5, 5.41) is 0. The summed E-state index contributed by atoms with van der Waals surface area (Å²) >= 11 is 0. The van der Waals surface area contributed by atoms with Crippen LogP contribution in [-0.4, -0.2) is 19.5 Å². The van der Waals surface area contributed by atoms with Gasteiger partial charge in [-0.05, 0) is 36.6 Å². The fraction of sp³-hybridized carbons (Fsp3) is 0.533. The second-order valence-electron chi connectivity index (χ2n) is 4.90. The van der Waals surface area contributed by atoms with Gasteiger partial charge in [-0.3, -0.25) is 4.79 Å². The van der Waals surface area contributed by atoms with Crippen LogP contribution in [0, 0.1) is 11.8 Å². The van der Waals surface area contributed by atoms with Crippen molar-refractivity contribution < 1.29 is 14.3 Å². The first-order valence-electron chi connectivity index (χ1n) is 6.49. The summed E-state index contributed by atoms with van der Waals surface area (Å²) in [5.74, 6) is 2.11. The normalized spacial score (nSPS) is 19.6. The Kier molecular flexibility index (Phi) is 3.90. The summed E-state index contributed by atoms with van der Waals surface area (Å²) in [6.45, 7) is 4.54. The SMILES string of the molecule is CCC(C)C(=O)C1COc2ccc(OC)cc2C1. The Morgan fingerprint density at radius 1 is 1.56 bits per heavy atom. The zero-order chi connectivity index (χ0) is 13.1. The van der Waals surface area contributed by atoms with Crippen molar-refractivity contribution >= 4 is 5.78 Å². The van der Waals surface area contributed by atoms with Crippen LogP contribution in [0.15, 0.2) is 18.2 Å². The van der Waals surface area contributed by atoms with Crippen molar-refractivity contribution in [3.63, 3.8) is 0 Å². The van der Waals surface area contributed by atoms with Crippen molar-refractivity contribution in [1.82, 2.24) is 0 Å². The van der Waals surface area contributed by atoms with Crippen molar-refractivity contribution in [1.29, 1.82) is 0 Å². The van der Waals surface area contributed by atoms with Gasteiger partial charge in [0.15, 0.2) is 0 Å². The first-order chi connectivity index (χ1) is 8.65. The number of ketones is 1. The summed E-state index contributed by atoms with van der Waals surface area (Å²) < 4.78 is 10.9. The number of benzene rings is 1. The van der Waals surface area contributed by atoms with Crippen LogP contribution in [0.1, 0.15) is 25.8 Å². The maximum atomic E-state index is 12.2. The van der Waals surface area contributed by atoms with Gasteiger partial charge >= 0.3 is 0 Å². The zero-order valence-corrected chi connectivity index (χ0v) is 11.2. The van der Waals surface area contributed by atoms with E-state index < -0.39 is 0 Å². The van der Waals surface area contributed by atoms with Crippen LogP contribution in [0.25, 0.3) is 0 Å². The van der Waals surface area contributed by atoms with E-state index in [4.69, 9.17) is 9.47 Å². The van der Waals surface area contributed by atoms with Gasteiger partial charge in [0.2, 0.25) is 0 Å². The molecule has 2 atom stereocenters. The predicted molar refractivity (Wildman–Crippen MR) is 70.1 cm³/mol. The van der Waals surface area contributed by atoms with E-state index in [9.17, 15) is 4.79 Å². The molecule has 2 unspecified atom stereocenters. The molecule has 0 radical (unpaired) electrons. The monoisotopic (exact) mass is 248 g/mol. The van der Waals surface area contributed by atoms with Gasteiger partial charge in [0.05, 0.1) is 19.6 Å². The molecule has 1 aromatic carbocycles. The van der Waals surface area contributed by atoms with Crippen molar-refractivity contribution in [3.05, 3.63) is 23.8 Å². The Morgan fingerprint density at radius 2 is 2.33 bits per heavy atom. The Hall–Kier alpha value is -1.51. The van der Waals surface area contributed by atoms with Crippen molar-refractivity contribution in [2.45, 2.75) is 26.7 Å². The minimum absolute atomic E-state index is 0.0143. The van der Waals surface area contributed by atoms with Crippen LogP contribution in [-0.2, 0) is 11.2 Å². The number of carbonyl (C=O) groups excluding carboxylic acids is 1. The van der Waals surface area contributed by atoms with Gasteiger partial charge in [-0.25, -0.2) is 0 Å². The highest BCUT2D eigenvalue weighted by Gasteiger charge is 2.28. The number of methoxy groups -OCH3 is 1. The highest BCUT2D eigenvalue weighted by Crippen LogP contribution is 2.31. The molecule has 0 spiro atoms. The summed E-state index contributed by atoms with van der Waals surface area (Å²) in [6.07, 6.45) is 1.65. The molecule has 1 aliphatic rings. The first-order valence-corrected chi connectivity index (χ1v) is 6.49. The average molecular weight is 248 g/mol. The number of hydrogen-bond donors (Lipinski definition) is 0. The smallest absolute Gasteiger partial charge is 0.142 e. The Labute approximate surface area is 108 Å². The van der Waals surface area contributed by atoms with E-state index in [1.165, 1.54) is 0 Å². The van der Waals surface area contributed by atoms with Gasteiger partial charge in [0, 0.05) is 5.92 Å². The van der Waals surface area contributed by atoms with Crippen LogP contribution in [0.4, 0.5) is 0 Å². The summed E-state index contributed by atoms with van der Waals surface area (Å²) in [4.78, 5) is 12.2. The zero-order valence-electron chi connectivity index (χ0n) is 11.2. The third-order valence-corrected chi connectivity index (χ3v) is 3.67. The molecule has 0 bridgehead atoms. The Balaban J connectivity index is 2.15. The van der Waals surface area contributed by atoms with E-state index in [1.54, 1.807) is 7.11 Å². The molecule has 0 aliphatic carbocycles. The van der Waals surface area contributed by atoms with E-state index >= 15 is 0 Å². The van der Waals surface area contributed by atoms with Crippen LogP contribution in [0.5, 0.6) is 11.5 Å². The van der Waals surface area contributed by atoms with Gasteiger partial charge in [0.25, 0.3) is 0 Å². The minimum Gasteiger partial charge on any atom is -0.497 e. The fourth-order valence-electron chi connectivity index (χ4n) is 2.28. The van der Waals surface area contributed by atoms with Gasteiger partial charge in [-0.15, -0.1) is 0 Å². The summed E-state index contributed by atoms with van der Waals surface area (Å²) in [6, 6.07) is 5.76. The number of Topliss-reactive ketones (excluding diaryl/α,β-unsaturated/α-hetero) is 1. The molecule has 1 aliphatic heterocycles. The third kappa shape index (κ3) is 2.50. The molecule has 0 fully saturated rings. The Morgan fingerprint density at radius 3 is 3.00 bits per heavy atom.